The molecule has 3 heteroatoms. The quantitative estimate of drug-likeness (QED) is 0.706. The van der Waals surface area contributed by atoms with Gasteiger partial charge in [-0.15, -0.1) is 0 Å². The summed E-state index contributed by atoms with van der Waals surface area (Å²) >= 11 is 0. The van der Waals surface area contributed by atoms with Gasteiger partial charge in [0.1, 0.15) is 6.61 Å². The molecule has 0 aliphatic carbocycles. The number of hydrogen-bond donors (Lipinski definition) is 0. The summed E-state index contributed by atoms with van der Waals surface area (Å²) in [5.41, 5.74) is 0.868. The highest BCUT2D eigenvalue weighted by Crippen LogP contribution is 2.44. The molecule has 1 aromatic carbocycles. The fraction of sp³-hybridized carbons (Fsp3) is 0.619. The summed E-state index contributed by atoms with van der Waals surface area (Å²) in [6, 6.07) is 9.23. The number of piperidine rings is 1. The minimum Gasteiger partial charge on any atom is -0.461 e. The predicted octanol–water partition coefficient (Wildman–Crippen LogP) is 4.73. The Morgan fingerprint density at radius 3 is 2.46 bits per heavy atom. The van der Waals surface area contributed by atoms with Gasteiger partial charge in [-0.05, 0) is 57.6 Å². The first kappa shape index (κ1) is 19.0. The SMILES string of the molecule is CCC1(C)C[CH]C(C)C(C)(CC)N1CCOC(=O)c1ccccc1. The molecule has 1 aliphatic rings. The van der Waals surface area contributed by atoms with E-state index in [0.717, 1.165) is 25.8 Å². The zero-order valence-electron chi connectivity index (χ0n) is 15.8. The number of nitrogens with zero attached hydrogens (tertiary/aromatic N) is 1. The largest absolute Gasteiger partial charge is 0.461 e. The maximum absolute atomic E-state index is 12.2. The first-order valence-corrected chi connectivity index (χ1v) is 9.20. The van der Waals surface area contributed by atoms with Crippen molar-refractivity contribution in [2.75, 3.05) is 13.2 Å². The van der Waals surface area contributed by atoms with E-state index in [9.17, 15) is 4.79 Å². The van der Waals surface area contributed by atoms with Crippen LogP contribution in [0.3, 0.4) is 0 Å². The lowest BCUT2D eigenvalue weighted by atomic mass is 9.69. The van der Waals surface area contributed by atoms with Crippen LogP contribution in [0.2, 0.25) is 0 Å². The molecule has 1 aromatic rings. The lowest BCUT2D eigenvalue weighted by molar-refractivity contribution is -0.0699. The summed E-state index contributed by atoms with van der Waals surface area (Å²) in [5, 5.41) is 0. The minimum absolute atomic E-state index is 0.113. The van der Waals surface area contributed by atoms with Crippen molar-refractivity contribution in [3.63, 3.8) is 0 Å². The van der Waals surface area contributed by atoms with E-state index < -0.39 is 0 Å². The van der Waals surface area contributed by atoms with Gasteiger partial charge in [-0.1, -0.05) is 39.0 Å². The molecule has 0 amide bonds. The summed E-state index contributed by atoms with van der Waals surface area (Å²) < 4.78 is 5.55. The maximum atomic E-state index is 12.2. The van der Waals surface area contributed by atoms with Crippen LogP contribution in [0.15, 0.2) is 30.3 Å². The van der Waals surface area contributed by atoms with Crippen LogP contribution in [-0.2, 0) is 4.74 Å². The van der Waals surface area contributed by atoms with Crippen molar-refractivity contribution in [1.29, 1.82) is 0 Å². The van der Waals surface area contributed by atoms with E-state index >= 15 is 0 Å². The Morgan fingerprint density at radius 1 is 1.21 bits per heavy atom. The fourth-order valence-electron chi connectivity index (χ4n) is 3.92. The Hall–Kier alpha value is -1.35. The number of carbonyl (C=O) groups excluding carboxylic acids is 1. The van der Waals surface area contributed by atoms with Crippen molar-refractivity contribution < 1.29 is 9.53 Å². The van der Waals surface area contributed by atoms with Crippen molar-refractivity contribution in [1.82, 2.24) is 4.90 Å². The van der Waals surface area contributed by atoms with Crippen molar-refractivity contribution in [3.05, 3.63) is 42.3 Å². The van der Waals surface area contributed by atoms with Crippen LogP contribution in [-0.4, -0.2) is 35.1 Å². The van der Waals surface area contributed by atoms with Crippen molar-refractivity contribution >= 4 is 5.97 Å². The molecule has 0 saturated carbocycles. The summed E-state index contributed by atoms with van der Waals surface area (Å²) in [5.74, 6) is 0.301. The highest BCUT2D eigenvalue weighted by atomic mass is 16.5. The number of likely N-dealkylation sites (tertiary alicyclic amines) is 1. The normalized spacial score (nSPS) is 31.0. The standard InChI is InChI=1S/C21H32NO2/c1-6-20(4)14-13-17(3)21(5,7-2)22(20)15-16-24-19(23)18-11-9-8-10-12-18/h8-13,17H,6-7,14-16H2,1-5H3. The summed E-state index contributed by atoms with van der Waals surface area (Å²) in [6.45, 7) is 12.7. The lowest BCUT2D eigenvalue weighted by Crippen LogP contribution is -2.64. The molecular weight excluding hydrogens is 298 g/mol. The third-order valence-electron chi connectivity index (χ3n) is 6.20. The van der Waals surface area contributed by atoms with Gasteiger partial charge < -0.3 is 4.74 Å². The Bertz CT molecular complexity index is 544. The van der Waals surface area contributed by atoms with Crippen LogP contribution in [0.4, 0.5) is 0 Å². The van der Waals surface area contributed by atoms with Gasteiger partial charge in [-0.25, -0.2) is 4.79 Å². The number of rotatable bonds is 6. The van der Waals surface area contributed by atoms with Gasteiger partial charge in [-0.2, -0.15) is 0 Å². The summed E-state index contributed by atoms with van der Waals surface area (Å²) in [6.07, 6.45) is 5.75. The molecule has 1 radical (unpaired) electrons. The van der Waals surface area contributed by atoms with Crippen molar-refractivity contribution in [2.24, 2.45) is 5.92 Å². The van der Waals surface area contributed by atoms with Gasteiger partial charge in [0, 0.05) is 17.6 Å². The van der Waals surface area contributed by atoms with E-state index in [1.165, 1.54) is 0 Å². The number of hydrogen-bond acceptors (Lipinski definition) is 3. The van der Waals surface area contributed by atoms with Crippen molar-refractivity contribution in [3.8, 4) is 0 Å². The van der Waals surface area contributed by atoms with Gasteiger partial charge in [0.2, 0.25) is 0 Å². The predicted molar refractivity (Wildman–Crippen MR) is 98.9 cm³/mol. The molecule has 1 heterocycles. The second-order valence-corrected chi connectivity index (χ2v) is 7.44. The van der Waals surface area contributed by atoms with Crippen LogP contribution in [0.1, 0.15) is 64.2 Å². The van der Waals surface area contributed by atoms with Gasteiger partial charge >= 0.3 is 5.97 Å². The van der Waals surface area contributed by atoms with Crippen LogP contribution in [0, 0.1) is 12.3 Å². The third-order valence-corrected chi connectivity index (χ3v) is 6.20. The molecule has 1 fully saturated rings. The van der Waals surface area contributed by atoms with Crippen LogP contribution in [0.25, 0.3) is 0 Å². The third kappa shape index (κ3) is 3.66. The average Bonchev–Trinajstić information content (AvgIpc) is 2.62. The molecule has 0 aromatic heterocycles. The summed E-state index contributed by atoms with van der Waals surface area (Å²) in [4.78, 5) is 14.8. The first-order valence-electron chi connectivity index (χ1n) is 9.20. The van der Waals surface area contributed by atoms with Gasteiger partial charge in [0.15, 0.2) is 0 Å². The molecule has 3 unspecified atom stereocenters. The second-order valence-electron chi connectivity index (χ2n) is 7.44. The Balaban J connectivity index is 2.05. The van der Waals surface area contributed by atoms with E-state index in [2.05, 4.69) is 45.9 Å². The highest BCUT2D eigenvalue weighted by molar-refractivity contribution is 5.89. The van der Waals surface area contributed by atoms with Gasteiger partial charge in [-0.3, -0.25) is 4.90 Å². The van der Waals surface area contributed by atoms with E-state index in [1.54, 1.807) is 12.1 Å². The molecule has 1 aliphatic heterocycles. The maximum Gasteiger partial charge on any atom is 0.338 e. The van der Waals surface area contributed by atoms with E-state index in [-0.39, 0.29) is 17.0 Å². The van der Waals surface area contributed by atoms with E-state index in [4.69, 9.17) is 4.74 Å². The topological polar surface area (TPSA) is 29.5 Å². The average molecular weight is 330 g/mol. The number of benzene rings is 1. The Kier molecular flexibility index (Phi) is 6.08. The molecule has 3 nitrogen and oxygen atoms in total. The van der Waals surface area contributed by atoms with Crippen LogP contribution in [0.5, 0.6) is 0 Å². The molecule has 1 saturated heterocycles. The Labute approximate surface area is 147 Å². The van der Waals surface area contributed by atoms with E-state index in [0.29, 0.717) is 18.1 Å². The zero-order chi connectivity index (χ0) is 17.8. The van der Waals surface area contributed by atoms with E-state index in [1.807, 2.05) is 18.2 Å². The number of ether oxygens (including phenoxy) is 1. The van der Waals surface area contributed by atoms with Gasteiger partial charge in [0.25, 0.3) is 0 Å². The van der Waals surface area contributed by atoms with Crippen LogP contribution < -0.4 is 0 Å². The molecule has 0 spiro atoms. The van der Waals surface area contributed by atoms with Gasteiger partial charge in [0.05, 0.1) is 5.56 Å². The monoisotopic (exact) mass is 330 g/mol. The van der Waals surface area contributed by atoms with Crippen molar-refractivity contribution in [2.45, 2.75) is 65.0 Å². The summed E-state index contributed by atoms with van der Waals surface area (Å²) in [7, 11) is 0. The molecule has 133 valence electrons. The molecule has 2 rings (SSSR count). The number of carbonyl (C=O) groups is 1. The lowest BCUT2D eigenvalue weighted by Gasteiger charge is -2.58. The molecule has 0 N–H and O–H groups in total. The zero-order valence-corrected chi connectivity index (χ0v) is 15.8. The Morgan fingerprint density at radius 2 is 1.88 bits per heavy atom. The fourth-order valence-corrected chi connectivity index (χ4v) is 3.92. The first-order chi connectivity index (χ1) is 11.4. The molecule has 0 bridgehead atoms. The molecule has 24 heavy (non-hydrogen) atoms. The molecule has 3 atom stereocenters. The minimum atomic E-state index is -0.233. The highest BCUT2D eigenvalue weighted by Gasteiger charge is 2.48. The molecular formula is C21H32NO2. The number of esters is 1. The smallest absolute Gasteiger partial charge is 0.338 e. The second kappa shape index (κ2) is 7.69. The van der Waals surface area contributed by atoms with Crippen LogP contribution >= 0.6 is 0 Å².